The molecule has 0 saturated carbocycles. The molecule has 32 heavy (non-hydrogen) atoms. The lowest BCUT2D eigenvalue weighted by atomic mass is 9.89. The number of anilines is 1. The van der Waals surface area contributed by atoms with Crippen LogP contribution in [0.3, 0.4) is 0 Å². The van der Waals surface area contributed by atoms with Crippen LogP contribution in [-0.4, -0.2) is 47.1 Å². The van der Waals surface area contributed by atoms with Crippen LogP contribution >= 0.6 is 11.8 Å². The molecule has 1 aliphatic carbocycles. The van der Waals surface area contributed by atoms with Crippen LogP contribution < -0.4 is 5.32 Å². The van der Waals surface area contributed by atoms with E-state index in [9.17, 15) is 5.26 Å². The van der Waals surface area contributed by atoms with Crippen LogP contribution in [0.5, 0.6) is 0 Å². The maximum absolute atomic E-state index is 9.78. The minimum absolute atomic E-state index is 0.129. The second-order valence-corrected chi connectivity index (χ2v) is 9.04. The number of rotatable bonds is 6. The molecule has 1 atom stereocenters. The molecule has 0 aromatic carbocycles. The lowest BCUT2D eigenvalue weighted by Gasteiger charge is -2.28. The minimum atomic E-state index is -0.302. The van der Waals surface area contributed by atoms with Crippen molar-refractivity contribution in [3.63, 3.8) is 0 Å². The van der Waals surface area contributed by atoms with E-state index < -0.39 is 0 Å². The van der Waals surface area contributed by atoms with Crippen LogP contribution in [0.4, 0.5) is 5.82 Å². The molecule has 4 rings (SSSR count). The maximum atomic E-state index is 9.78. The van der Waals surface area contributed by atoms with Crippen molar-refractivity contribution in [2.75, 3.05) is 31.3 Å². The summed E-state index contributed by atoms with van der Waals surface area (Å²) in [6.07, 6.45) is 13.9. The van der Waals surface area contributed by atoms with E-state index in [-0.39, 0.29) is 12.0 Å². The third-order valence-electron chi connectivity index (χ3n) is 5.94. The number of nitriles is 1. The van der Waals surface area contributed by atoms with Crippen molar-refractivity contribution in [3.05, 3.63) is 47.3 Å². The van der Waals surface area contributed by atoms with Gasteiger partial charge in [0.1, 0.15) is 29.9 Å². The van der Waals surface area contributed by atoms with E-state index in [2.05, 4.69) is 32.4 Å². The normalized spacial score (nSPS) is 21.5. The van der Waals surface area contributed by atoms with Gasteiger partial charge in [-0.05, 0) is 37.7 Å². The molecule has 1 unspecified atom stereocenters. The smallest absolute Gasteiger partial charge is 0.137 e. The van der Waals surface area contributed by atoms with Gasteiger partial charge in [0.25, 0.3) is 0 Å². The van der Waals surface area contributed by atoms with Crippen molar-refractivity contribution < 1.29 is 9.47 Å². The lowest BCUT2D eigenvalue weighted by Crippen LogP contribution is -2.25. The maximum Gasteiger partial charge on any atom is 0.137 e. The largest absolute Gasteiger partial charge is 0.493 e. The highest BCUT2D eigenvalue weighted by Crippen LogP contribution is 2.36. The van der Waals surface area contributed by atoms with Gasteiger partial charge in [0, 0.05) is 37.1 Å². The Hall–Kier alpha value is -2.63. The zero-order valence-electron chi connectivity index (χ0n) is 18.6. The fraction of sp³-hybridized carbons (Fsp3) is 0.500. The SMILES string of the molecule is CS/C(C)=N\CCC1=CCc2c(ncnc2C2=CC=C(OC3CCOCC3)C(C#N)C2)N1. The first-order chi connectivity index (χ1) is 15.7. The molecule has 0 amide bonds. The molecule has 0 spiro atoms. The highest BCUT2D eigenvalue weighted by Gasteiger charge is 2.27. The Morgan fingerprint density at radius 3 is 2.97 bits per heavy atom. The number of nitrogens with zero attached hydrogens (tertiary/aromatic N) is 4. The first-order valence-electron chi connectivity index (χ1n) is 11.1. The van der Waals surface area contributed by atoms with Gasteiger partial charge in [-0.25, -0.2) is 9.97 Å². The van der Waals surface area contributed by atoms with Gasteiger partial charge in [0.2, 0.25) is 0 Å². The van der Waals surface area contributed by atoms with Gasteiger partial charge in [-0.15, -0.1) is 11.8 Å². The predicted octanol–water partition coefficient (Wildman–Crippen LogP) is 4.51. The summed E-state index contributed by atoms with van der Waals surface area (Å²) in [6, 6.07) is 2.42. The Labute approximate surface area is 193 Å². The van der Waals surface area contributed by atoms with Crippen molar-refractivity contribution in [1.29, 1.82) is 5.26 Å². The van der Waals surface area contributed by atoms with Crippen LogP contribution in [0.25, 0.3) is 5.57 Å². The van der Waals surface area contributed by atoms with Crippen molar-refractivity contribution >= 4 is 28.2 Å². The second-order valence-electron chi connectivity index (χ2n) is 8.04. The molecule has 168 valence electrons. The second kappa shape index (κ2) is 10.8. The number of aromatic nitrogens is 2. The molecule has 0 bridgehead atoms. The summed E-state index contributed by atoms with van der Waals surface area (Å²) in [7, 11) is 0. The first-order valence-corrected chi connectivity index (χ1v) is 12.3. The topological polar surface area (TPSA) is 92.4 Å². The quantitative estimate of drug-likeness (QED) is 0.502. The van der Waals surface area contributed by atoms with Crippen LogP contribution in [-0.2, 0) is 15.9 Å². The third kappa shape index (κ3) is 5.40. The zero-order chi connectivity index (χ0) is 22.3. The Balaban J connectivity index is 1.48. The highest BCUT2D eigenvalue weighted by molar-refractivity contribution is 8.13. The van der Waals surface area contributed by atoms with E-state index in [0.29, 0.717) is 6.42 Å². The molecular weight excluding hydrogens is 422 g/mol. The number of thioether (sulfide) groups is 1. The summed E-state index contributed by atoms with van der Waals surface area (Å²) in [6.45, 7) is 4.22. The first kappa shape index (κ1) is 22.6. The molecule has 1 saturated heterocycles. The third-order valence-corrected chi connectivity index (χ3v) is 6.66. The van der Waals surface area contributed by atoms with Crippen molar-refractivity contribution in [2.24, 2.45) is 10.9 Å². The summed E-state index contributed by atoms with van der Waals surface area (Å²) >= 11 is 1.67. The average molecular weight is 452 g/mol. The van der Waals surface area contributed by atoms with Crippen molar-refractivity contribution in [3.8, 4) is 6.07 Å². The molecule has 1 N–H and O–H groups in total. The molecule has 1 aromatic heterocycles. The van der Waals surface area contributed by atoms with E-state index in [1.54, 1.807) is 18.1 Å². The number of nitrogens with one attached hydrogen (secondary N) is 1. The number of aliphatic imine (C=N–C) groups is 1. The van der Waals surface area contributed by atoms with Gasteiger partial charge >= 0.3 is 0 Å². The van der Waals surface area contributed by atoms with Gasteiger partial charge in [-0.3, -0.25) is 4.99 Å². The minimum Gasteiger partial charge on any atom is -0.493 e. The summed E-state index contributed by atoms with van der Waals surface area (Å²) in [4.78, 5) is 13.6. The molecule has 3 aliphatic rings. The number of allylic oxidation sites excluding steroid dienone is 5. The van der Waals surface area contributed by atoms with Gasteiger partial charge < -0.3 is 14.8 Å². The number of hydrogen-bond acceptors (Lipinski definition) is 8. The summed E-state index contributed by atoms with van der Waals surface area (Å²) in [5.74, 6) is 1.30. The van der Waals surface area contributed by atoms with Gasteiger partial charge in [0.05, 0.1) is 30.0 Å². The fourth-order valence-electron chi connectivity index (χ4n) is 4.06. The molecular formula is C24H29N5O2S. The number of fused-ring (bicyclic) bond motifs is 1. The van der Waals surface area contributed by atoms with Crippen LogP contribution in [0.2, 0.25) is 0 Å². The lowest BCUT2D eigenvalue weighted by molar-refractivity contribution is -0.00914. The van der Waals surface area contributed by atoms with Crippen LogP contribution in [0, 0.1) is 17.2 Å². The summed E-state index contributed by atoms with van der Waals surface area (Å²) < 4.78 is 11.6. The molecule has 1 fully saturated rings. The van der Waals surface area contributed by atoms with E-state index >= 15 is 0 Å². The van der Waals surface area contributed by atoms with Crippen molar-refractivity contribution in [2.45, 2.75) is 45.1 Å². The zero-order valence-corrected chi connectivity index (χ0v) is 19.5. The van der Waals surface area contributed by atoms with E-state index in [1.165, 1.54) is 0 Å². The highest BCUT2D eigenvalue weighted by atomic mass is 32.2. The fourth-order valence-corrected chi connectivity index (χ4v) is 4.28. The standard InChI is InChI=1S/C24H29N5O2S/c1-16(32-2)26-10-7-19-4-5-21-23(27-15-28-24(21)29-19)17-3-6-22(18(13-17)14-25)31-20-8-11-30-12-9-20/h3-4,6,15,18,20H,5,7-13H2,1-2H3,(H,27,28,29)/b26-16-. The van der Waals surface area contributed by atoms with E-state index in [0.717, 1.165) is 84.6 Å². The Kier molecular flexibility index (Phi) is 7.61. The Morgan fingerprint density at radius 2 is 2.19 bits per heavy atom. The van der Waals surface area contributed by atoms with Gasteiger partial charge in [-0.2, -0.15) is 5.26 Å². The molecule has 1 aromatic rings. The van der Waals surface area contributed by atoms with Crippen LogP contribution in [0.1, 0.15) is 43.9 Å². The Morgan fingerprint density at radius 1 is 1.34 bits per heavy atom. The molecule has 8 heteroatoms. The summed E-state index contributed by atoms with van der Waals surface area (Å²) in [5, 5.41) is 14.3. The van der Waals surface area contributed by atoms with E-state index in [4.69, 9.17) is 9.47 Å². The van der Waals surface area contributed by atoms with Gasteiger partial charge in [0.15, 0.2) is 0 Å². The summed E-state index contributed by atoms with van der Waals surface area (Å²) in [5.41, 5.74) is 4.17. The molecule has 3 heterocycles. The average Bonchev–Trinajstić information content (AvgIpc) is 2.84. The Bertz CT molecular complexity index is 1000. The molecule has 0 radical (unpaired) electrons. The van der Waals surface area contributed by atoms with Gasteiger partial charge in [-0.1, -0.05) is 12.2 Å². The molecule has 7 nitrogen and oxygen atoms in total. The monoisotopic (exact) mass is 451 g/mol. The van der Waals surface area contributed by atoms with E-state index in [1.807, 2.05) is 25.3 Å². The van der Waals surface area contributed by atoms with Crippen LogP contribution in [0.15, 0.2) is 41.0 Å². The van der Waals surface area contributed by atoms with Crippen molar-refractivity contribution in [1.82, 2.24) is 9.97 Å². The molecule has 2 aliphatic heterocycles. The number of ether oxygens (including phenoxy) is 2. The number of hydrogen-bond donors (Lipinski definition) is 1. The predicted molar refractivity (Wildman–Crippen MR) is 128 cm³/mol.